The molecule has 0 unspecified atom stereocenters. The maximum Gasteiger partial charge on any atom is 0.460 e. The molecular formula is C25H10F25N3O5. The molecule has 0 saturated carbocycles. The van der Waals surface area contributed by atoms with Crippen LogP contribution in [0.25, 0.3) is 0 Å². The lowest BCUT2D eigenvalue weighted by Crippen LogP contribution is -2.78. The van der Waals surface area contributed by atoms with Gasteiger partial charge in [-0.3, -0.25) is 9.59 Å². The second-order valence-corrected chi connectivity index (χ2v) is 10.8. The normalized spacial score (nSPS) is 14.7. The molecule has 1 rings (SSSR count). The maximum absolute atomic E-state index is 15.5. The summed E-state index contributed by atoms with van der Waals surface area (Å²) in [6.45, 7) is -0.614. The molecule has 1 aromatic rings. The number of nitrogens with zero attached hydrogens (tertiary/aromatic N) is 2. The summed E-state index contributed by atoms with van der Waals surface area (Å²) in [6.07, 6.45) is -7.46. The van der Waals surface area contributed by atoms with Gasteiger partial charge in [-0.05, 0) is 13.0 Å². The summed E-state index contributed by atoms with van der Waals surface area (Å²) >= 11 is 0. The molecule has 0 saturated heterocycles. The van der Waals surface area contributed by atoms with Crippen molar-refractivity contribution >= 4 is 35.4 Å². The first-order valence-electron chi connectivity index (χ1n) is 13.4. The van der Waals surface area contributed by atoms with E-state index in [0.717, 1.165) is 5.32 Å². The lowest BCUT2D eigenvalue weighted by molar-refractivity contribution is -0.482. The average Bonchev–Trinajstić information content (AvgIpc) is 3.04. The molecule has 0 aliphatic rings. The van der Waals surface area contributed by atoms with E-state index < -0.39 is 124 Å². The lowest BCUT2D eigenvalue weighted by atomic mass is 9.83. The van der Waals surface area contributed by atoms with Crippen LogP contribution in [-0.4, -0.2) is 96.2 Å². The Morgan fingerprint density at radius 2 is 0.897 bits per heavy atom. The number of nitrogens with one attached hydrogen (secondary N) is 1. The molecule has 0 bridgehead atoms. The minimum Gasteiger partial charge on any atom is -0.445 e. The van der Waals surface area contributed by atoms with Gasteiger partial charge in [-0.15, -0.1) is 0 Å². The molecule has 1 aromatic carbocycles. The third-order valence-corrected chi connectivity index (χ3v) is 7.22. The molecule has 330 valence electrons. The van der Waals surface area contributed by atoms with Gasteiger partial charge in [0.05, 0.1) is 16.9 Å². The predicted octanol–water partition coefficient (Wildman–Crippen LogP) is 9.19. The molecule has 1 N–H and O–H groups in total. The van der Waals surface area contributed by atoms with Gasteiger partial charge >= 0.3 is 77.3 Å². The Hall–Kier alpha value is -4.83. The number of hydrogen-bond donors (Lipinski definition) is 1. The third-order valence-electron chi connectivity index (χ3n) is 7.22. The van der Waals surface area contributed by atoms with E-state index in [1.165, 1.54) is 0 Å². The number of halogens is 25. The Labute approximate surface area is 300 Å². The van der Waals surface area contributed by atoms with Crippen molar-refractivity contribution in [1.29, 1.82) is 0 Å². The highest BCUT2D eigenvalue weighted by Gasteiger charge is 2.99. The van der Waals surface area contributed by atoms with E-state index in [1.807, 2.05) is 0 Å². The zero-order valence-corrected chi connectivity index (χ0v) is 26.7. The number of amides is 1. The fourth-order valence-electron chi connectivity index (χ4n) is 4.00. The minimum atomic E-state index is -9.82. The van der Waals surface area contributed by atoms with Crippen molar-refractivity contribution in [2.24, 2.45) is 9.98 Å². The first-order valence-corrected chi connectivity index (χ1v) is 13.4. The van der Waals surface area contributed by atoms with Crippen LogP contribution in [0.5, 0.6) is 0 Å². The lowest BCUT2D eigenvalue weighted by Gasteiger charge is -2.45. The third kappa shape index (κ3) is 6.95. The fraction of sp³-hybridized carbons (Fsp3) is 0.600. The zero-order chi connectivity index (χ0) is 46.7. The second-order valence-electron chi connectivity index (χ2n) is 10.8. The smallest absolute Gasteiger partial charge is 0.445 e. The number of hydrogen-bond acceptors (Lipinski definition) is 7. The van der Waals surface area contributed by atoms with Gasteiger partial charge in [-0.25, -0.2) is 9.59 Å². The largest absolute Gasteiger partial charge is 0.460 e. The van der Waals surface area contributed by atoms with Crippen LogP contribution in [0.2, 0.25) is 0 Å². The van der Waals surface area contributed by atoms with Gasteiger partial charge in [0.2, 0.25) is 12.2 Å². The zero-order valence-electron chi connectivity index (χ0n) is 26.7. The molecule has 0 spiro atoms. The summed E-state index contributed by atoms with van der Waals surface area (Å²) in [5.74, 6) is -106. The summed E-state index contributed by atoms with van der Waals surface area (Å²) in [5, 5.41) is 1.16. The predicted molar refractivity (Wildman–Crippen MR) is 130 cm³/mol. The Kier molecular flexibility index (Phi) is 13.0. The Morgan fingerprint density at radius 3 is 1.21 bits per heavy atom. The van der Waals surface area contributed by atoms with Crippen LogP contribution in [0.3, 0.4) is 0 Å². The second kappa shape index (κ2) is 14.8. The van der Waals surface area contributed by atoms with E-state index in [4.69, 9.17) is 0 Å². The molecule has 0 aliphatic heterocycles. The fourth-order valence-corrected chi connectivity index (χ4v) is 4.00. The van der Waals surface area contributed by atoms with Crippen molar-refractivity contribution in [1.82, 2.24) is 5.32 Å². The van der Waals surface area contributed by atoms with Gasteiger partial charge in [0.25, 0.3) is 5.91 Å². The van der Waals surface area contributed by atoms with E-state index in [-0.39, 0.29) is 0 Å². The molecule has 1 amide bonds. The number of rotatable bonds is 16. The van der Waals surface area contributed by atoms with Gasteiger partial charge in [0.15, 0.2) is 6.73 Å². The first kappa shape index (κ1) is 51.2. The van der Waals surface area contributed by atoms with E-state index in [0.29, 0.717) is 26.0 Å². The number of ether oxygens (including phenoxy) is 1. The summed E-state index contributed by atoms with van der Waals surface area (Å²) in [4.78, 5) is 50.1. The SMILES string of the molecule is CC(=O)OCNC(=O)c1c(C(F)(F)C(F)(F)C(F)(F)C(F)(F)C(F)(F)C(F)(F)C(F)(F)C(F)(F)C(F)(F)C(F)(F)C(F)(F)C(F)(F)F)cc(N=C=O)c(C)c1N=C=O. The summed E-state index contributed by atoms with van der Waals surface area (Å²) in [5.41, 5.74) is -10.7. The van der Waals surface area contributed by atoms with Crippen LogP contribution in [0, 0.1) is 6.92 Å². The van der Waals surface area contributed by atoms with Crippen LogP contribution in [0.4, 0.5) is 121 Å². The summed E-state index contributed by atoms with van der Waals surface area (Å²) in [6, 6.07) is -0.923. The Bertz CT molecular complexity index is 1880. The topological polar surface area (TPSA) is 114 Å². The van der Waals surface area contributed by atoms with Crippen molar-refractivity contribution in [3.05, 3.63) is 22.8 Å². The molecule has 8 nitrogen and oxygen atoms in total. The summed E-state index contributed by atoms with van der Waals surface area (Å²) < 4.78 is 353. The molecule has 0 heterocycles. The Morgan fingerprint density at radius 1 is 0.569 bits per heavy atom. The van der Waals surface area contributed by atoms with Crippen LogP contribution in [0.1, 0.15) is 28.4 Å². The van der Waals surface area contributed by atoms with Gasteiger partial charge in [0, 0.05) is 18.1 Å². The van der Waals surface area contributed by atoms with E-state index in [9.17, 15) is 111 Å². The molecule has 33 heteroatoms. The average molecular weight is 907 g/mol. The van der Waals surface area contributed by atoms with Crippen LogP contribution in [-0.2, 0) is 25.0 Å². The number of carbonyl (C=O) groups is 2. The van der Waals surface area contributed by atoms with E-state index in [2.05, 4.69) is 14.7 Å². The highest BCUT2D eigenvalue weighted by molar-refractivity contribution is 6.02. The number of alkyl halides is 25. The van der Waals surface area contributed by atoms with Crippen molar-refractivity contribution in [2.75, 3.05) is 6.73 Å². The van der Waals surface area contributed by atoms with Crippen molar-refractivity contribution < 1.29 is 134 Å². The van der Waals surface area contributed by atoms with Gasteiger partial charge in [-0.2, -0.15) is 120 Å². The van der Waals surface area contributed by atoms with Crippen molar-refractivity contribution in [2.45, 2.75) is 85.2 Å². The molecule has 0 fully saturated rings. The van der Waals surface area contributed by atoms with Gasteiger partial charge in [0.1, 0.15) is 0 Å². The van der Waals surface area contributed by atoms with Crippen molar-refractivity contribution in [3.8, 4) is 0 Å². The van der Waals surface area contributed by atoms with Crippen LogP contribution in [0.15, 0.2) is 16.1 Å². The summed E-state index contributed by atoms with van der Waals surface area (Å²) in [7, 11) is 0. The van der Waals surface area contributed by atoms with Crippen LogP contribution < -0.4 is 5.32 Å². The minimum absolute atomic E-state index is 0.390. The number of isocyanates is 2. The highest BCUT2D eigenvalue weighted by Crippen LogP contribution is 2.68. The number of aliphatic imine (C=N–C) groups is 2. The van der Waals surface area contributed by atoms with Gasteiger partial charge < -0.3 is 10.1 Å². The monoisotopic (exact) mass is 907 g/mol. The molecule has 0 aromatic heterocycles. The maximum atomic E-state index is 15.5. The number of esters is 1. The molecule has 0 atom stereocenters. The number of carbonyl (C=O) groups excluding carboxylic acids is 4. The number of benzene rings is 1. The Balaban J connectivity index is 4.29. The molecular weight excluding hydrogens is 897 g/mol. The van der Waals surface area contributed by atoms with Crippen molar-refractivity contribution in [3.63, 3.8) is 0 Å². The molecule has 0 aliphatic carbocycles. The van der Waals surface area contributed by atoms with E-state index in [1.54, 1.807) is 0 Å². The first-order chi connectivity index (χ1) is 25.4. The molecule has 58 heavy (non-hydrogen) atoms. The highest BCUT2D eigenvalue weighted by atomic mass is 19.4. The molecule has 0 radical (unpaired) electrons. The standard InChI is InChI=1S/C25H10F25N3O5/c1-7-10(51-4-54)3-9(11(12(7)52-5-55)13(57)53-6-58-8(2)56)14(26,27)15(28,29)16(30,31)17(32,33)18(34,35)19(36,37)20(38,39)21(40,41)22(42,43)23(44,45)24(46,47)25(48,49)50/h3H,6H2,1-2H3,(H,53,57). The van der Waals surface area contributed by atoms with Gasteiger partial charge in [-0.1, -0.05) is 0 Å². The quantitative estimate of drug-likeness (QED) is 0.0585. The van der Waals surface area contributed by atoms with Crippen LogP contribution >= 0.6 is 0 Å². The van der Waals surface area contributed by atoms with E-state index >= 15 is 17.6 Å².